The van der Waals surface area contributed by atoms with Crippen LogP contribution in [0.1, 0.15) is 36.9 Å². The summed E-state index contributed by atoms with van der Waals surface area (Å²) in [6.45, 7) is 3.21. The molecule has 0 radical (unpaired) electrons. The summed E-state index contributed by atoms with van der Waals surface area (Å²) in [5.41, 5.74) is 4.51. The first-order chi connectivity index (χ1) is 15.5. The number of carbonyl (C=O) groups excluding carboxylic acids is 2. The molecule has 1 aliphatic rings. The van der Waals surface area contributed by atoms with Crippen molar-refractivity contribution in [2.24, 2.45) is 0 Å². The van der Waals surface area contributed by atoms with Gasteiger partial charge in [0, 0.05) is 46.2 Å². The molecular weight excluding hydrogens is 422 g/mol. The summed E-state index contributed by atoms with van der Waals surface area (Å²) in [5.74, 6) is 0.461. The lowest BCUT2D eigenvalue weighted by Crippen LogP contribution is -2.35. The lowest BCUT2D eigenvalue weighted by molar-refractivity contribution is 0.0735. The number of hydrogen-bond donors (Lipinski definition) is 2. The highest BCUT2D eigenvalue weighted by atomic mass is 32.1. The average Bonchev–Trinajstić information content (AvgIpc) is 3.45. The number of nitrogens with one attached hydrogen (secondary N) is 2. The predicted octanol–water partition coefficient (Wildman–Crippen LogP) is 5.00. The van der Waals surface area contributed by atoms with Gasteiger partial charge in [-0.3, -0.25) is 9.59 Å². The van der Waals surface area contributed by atoms with Crippen LogP contribution in [0.25, 0.3) is 10.9 Å². The molecule has 0 spiro atoms. The monoisotopic (exact) mass is 445 g/mol. The normalized spacial score (nSPS) is 13.1. The standard InChI is InChI=1S/C25H23N3O3S/c1-15-19(25(30)28-10-8-23-17(14-28)9-11-32-23)4-3-5-20(15)27-24(29)22-12-16-6-7-18(31-2)13-21(16)26-22/h3-7,9,11-13,26H,8,10,14H2,1-2H3,(H,27,29). The Morgan fingerprint density at radius 3 is 2.88 bits per heavy atom. The highest BCUT2D eigenvalue weighted by molar-refractivity contribution is 7.10. The first-order valence-electron chi connectivity index (χ1n) is 10.5. The summed E-state index contributed by atoms with van der Waals surface area (Å²) < 4.78 is 5.25. The summed E-state index contributed by atoms with van der Waals surface area (Å²) in [5, 5.41) is 5.96. The molecule has 4 aromatic rings. The first kappa shape index (κ1) is 20.3. The minimum atomic E-state index is -0.256. The van der Waals surface area contributed by atoms with Crippen LogP contribution in [-0.4, -0.2) is 35.4 Å². The summed E-state index contributed by atoms with van der Waals surface area (Å²) in [7, 11) is 1.61. The van der Waals surface area contributed by atoms with E-state index in [2.05, 4.69) is 21.7 Å². The lowest BCUT2D eigenvalue weighted by atomic mass is 10.0. The van der Waals surface area contributed by atoms with Crippen LogP contribution in [0.15, 0.2) is 53.9 Å². The number of benzene rings is 2. The Bertz CT molecular complexity index is 1340. The third-order valence-electron chi connectivity index (χ3n) is 5.98. The van der Waals surface area contributed by atoms with Gasteiger partial charge in [-0.1, -0.05) is 6.07 Å². The van der Waals surface area contributed by atoms with Gasteiger partial charge in [-0.05, 0) is 66.2 Å². The van der Waals surface area contributed by atoms with Crippen molar-refractivity contribution >= 4 is 39.7 Å². The molecule has 0 atom stereocenters. The zero-order valence-electron chi connectivity index (χ0n) is 17.9. The second-order valence-electron chi connectivity index (χ2n) is 7.91. The molecule has 0 unspecified atom stereocenters. The number of anilines is 1. The van der Waals surface area contributed by atoms with Gasteiger partial charge in [0.15, 0.2) is 0 Å². The van der Waals surface area contributed by atoms with E-state index < -0.39 is 0 Å². The number of thiophene rings is 1. The van der Waals surface area contributed by atoms with Crippen molar-refractivity contribution in [3.8, 4) is 5.75 Å². The average molecular weight is 446 g/mol. The van der Waals surface area contributed by atoms with Gasteiger partial charge >= 0.3 is 0 Å². The van der Waals surface area contributed by atoms with Crippen molar-refractivity contribution in [3.05, 3.63) is 81.2 Å². The van der Waals surface area contributed by atoms with Crippen molar-refractivity contribution in [2.45, 2.75) is 19.9 Å². The van der Waals surface area contributed by atoms with Crippen molar-refractivity contribution in [2.75, 3.05) is 19.0 Å². The molecule has 1 aliphatic heterocycles. The number of methoxy groups -OCH3 is 1. The van der Waals surface area contributed by atoms with Crippen LogP contribution in [0.2, 0.25) is 0 Å². The largest absolute Gasteiger partial charge is 0.497 e. The van der Waals surface area contributed by atoms with E-state index in [0.29, 0.717) is 30.0 Å². The summed E-state index contributed by atoms with van der Waals surface area (Å²) >= 11 is 1.75. The van der Waals surface area contributed by atoms with Gasteiger partial charge in [-0.2, -0.15) is 0 Å². The van der Waals surface area contributed by atoms with E-state index >= 15 is 0 Å². The number of hydrogen-bond acceptors (Lipinski definition) is 4. The van der Waals surface area contributed by atoms with Gasteiger partial charge in [-0.15, -0.1) is 11.3 Å². The van der Waals surface area contributed by atoms with E-state index in [9.17, 15) is 9.59 Å². The van der Waals surface area contributed by atoms with Crippen molar-refractivity contribution in [3.63, 3.8) is 0 Å². The first-order valence-corrected chi connectivity index (χ1v) is 11.3. The number of fused-ring (bicyclic) bond motifs is 2. The molecule has 162 valence electrons. The molecule has 5 rings (SSSR count). The molecule has 2 amide bonds. The molecule has 0 aliphatic carbocycles. The van der Waals surface area contributed by atoms with Gasteiger partial charge in [-0.25, -0.2) is 0 Å². The quantitative estimate of drug-likeness (QED) is 0.464. The minimum Gasteiger partial charge on any atom is -0.497 e. The third kappa shape index (κ3) is 3.65. The molecule has 6 nitrogen and oxygen atoms in total. The Labute approximate surface area is 189 Å². The van der Waals surface area contributed by atoms with Crippen LogP contribution >= 0.6 is 11.3 Å². The van der Waals surface area contributed by atoms with Crippen LogP contribution in [0.5, 0.6) is 5.75 Å². The Balaban J connectivity index is 1.36. The number of nitrogens with zero attached hydrogens (tertiary/aromatic N) is 1. The van der Waals surface area contributed by atoms with Crippen LogP contribution in [0.4, 0.5) is 5.69 Å². The van der Waals surface area contributed by atoms with E-state index in [-0.39, 0.29) is 11.8 Å². The zero-order valence-corrected chi connectivity index (χ0v) is 18.7. The topological polar surface area (TPSA) is 74.4 Å². The fourth-order valence-corrected chi connectivity index (χ4v) is 5.03. The summed E-state index contributed by atoms with van der Waals surface area (Å²) in [4.78, 5) is 32.5. The fourth-order valence-electron chi connectivity index (χ4n) is 4.14. The Morgan fingerprint density at radius 2 is 2.03 bits per heavy atom. The maximum absolute atomic E-state index is 13.2. The molecule has 0 saturated heterocycles. The highest BCUT2D eigenvalue weighted by Crippen LogP contribution is 2.28. The zero-order chi connectivity index (χ0) is 22.2. The van der Waals surface area contributed by atoms with Crippen LogP contribution in [0.3, 0.4) is 0 Å². The molecule has 0 bridgehead atoms. The number of carbonyl (C=O) groups is 2. The van der Waals surface area contributed by atoms with Gasteiger partial charge in [0.25, 0.3) is 11.8 Å². The number of rotatable bonds is 4. The van der Waals surface area contributed by atoms with E-state index in [4.69, 9.17) is 4.74 Å². The van der Waals surface area contributed by atoms with E-state index in [1.165, 1.54) is 10.4 Å². The Morgan fingerprint density at radius 1 is 1.16 bits per heavy atom. The predicted molar refractivity (Wildman–Crippen MR) is 127 cm³/mol. The van der Waals surface area contributed by atoms with Gasteiger partial charge in [0.1, 0.15) is 11.4 Å². The maximum atomic E-state index is 13.2. The molecule has 2 aromatic carbocycles. The minimum absolute atomic E-state index is 0.00634. The van der Waals surface area contributed by atoms with Crippen molar-refractivity contribution in [1.29, 1.82) is 0 Å². The van der Waals surface area contributed by atoms with Crippen LogP contribution < -0.4 is 10.1 Å². The fraction of sp³-hybridized carbons (Fsp3) is 0.200. The molecular formula is C25H23N3O3S. The van der Waals surface area contributed by atoms with Crippen LogP contribution in [0, 0.1) is 6.92 Å². The Hall–Kier alpha value is -3.58. The molecule has 2 aromatic heterocycles. The van der Waals surface area contributed by atoms with E-state index in [0.717, 1.165) is 28.6 Å². The number of ether oxygens (including phenoxy) is 1. The third-order valence-corrected chi connectivity index (χ3v) is 7.00. The Kier molecular flexibility index (Phi) is 5.19. The lowest BCUT2D eigenvalue weighted by Gasteiger charge is -2.28. The smallest absolute Gasteiger partial charge is 0.272 e. The number of H-pyrrole nitrogens is 1. The molecule has 2 N–H and O–H groups in total. The number of amides is 2. The summed E-state index contributed by atoms with van der Waals surface area (Å²) in [6, 6.07) is 15.0. The highest BCUT2D eigenvalue weighted by Gasteiger charge is 2.24. The molecule has 3 heterocycles. The second kappa shape index (κ2) is 8.16. The number of aromatic amines is 1. The van der Waals surface area contributed by atoms with Gasteiger partial charge in [0.2, 0.25) is 0 Å². The second-order valence-corrected chi connectivity index (χ2v) is 8.91. The van der Waals surface area contributed by atoms with Gasteiger partial charge < -0.3 is 19.9 Å². The van der Waals surface area contributed by atoms with Crippen molar-refractivity contribution < 1.29 is 14.3 Å². The number of aromatic nitrogens is 1. The van der Waals surface area contributed by atoms with E-state index in [1.54, 1.807) is 24.5 Å². The molecule has 0 saturated carbocycles. The maximum Gasteiger partial charge on any atom is 0.272 e. The molecule has 7 heteroatoms. The summed E-state index contributed by atoms with van der Waals surface area (Å²) in [6.07, 6.45) is 0.888. The molecule has 0 fully saturated rings. The van der Waals surface area contributed by atoms with Crippen molar-refractivity contribution in [1.82, 2.24) is 9.88 Å². The SMILES string of the molecule is COc1ccc2cc(C(=O)Nc3cccc(C(=O)N4CCc5sccc5C4)c3C)[nH]c2c1. The van der Waals surface area contributed by atoms with Crippen LogP contribution in [-0.2, 0) is 13.0 Å². The molecule has 32 heavy (non-hydrogen) atoms. The van der Waals surface area contributed by atoms with Gasteiger partial charge in [0.05, 0.1) is 7.11 Å². The van der Waals surface area contributed by atoms with E-state index in [1.807, 2.05) is 48.2 Å².